The number of amides is 1. The van der Waals surface area contributed by atoms with Crippen molar-refractivity contribution in [3.8, 4) is 0 Å². The molecule has 2 rings (SSSR count). The first-order chi connectivity index (χ1) is 12.0. The van der Waals surface area contributed by atoms with E-state index in [4.69, 9.17) is 11.6 Å². The Kier molecular flexibility index (Phi) is 6.33. The van der Waals surface area contributed by atoms with E-state index in [0.717, 1.165) is 0 Å². The number of nitrogens with zero attached hydrogens (tertiary/aromatic N) is 2. The Bertz CT molecular complexity index is 648. The predicted molar refractivity (Wildman–Crippen MR) is 99.5 cm³/mol. The first-order valence-corrected chi connectivity index (χ1v) is 9.16. The maximum absolute atomic E-state index is 14.7. The second-order valence-electron chi connectivity index (χ2n) is 7.61. The summed E-state index contributed by atoms with van der Waals surface area (Å²) in [6.07, 6.45) is 0. The molecular formula is C19H28ClFN2O3. The number of carbonyl (C=O) groups excluding carboxylic acids is 1. The molecule has 0 aliphatic carbocycles. The molecule has 2 N–H and O–H groups in total. The Balaban J connectivity index is 2.35. The molecule has 5 nitrogen and oxygen atoms in total. The number of benzene rings is 1. The number of piperidine rings is 1. The van der Waals surface area contributed by atoms with Gasteiger partial charge in [-0.2, -0.15) is 0 Å². The Morgan fingerprint density at radius 2 is 1.92 bits per heavy atom. The molecule has 1 saturated heterocycles. The van der Waals surface area contributed by atoms with Crippen LogP contribution in [0, 0.1) is 24.6 Å². The average molecular weight is 387 g/mol. The van der Waals surface area contributed by atoms with E-state index in [1.54, 1.807) is 36.9 Å². The quantitative estimate of drug-likeness (QED) is 0.831. The lowest BCUT2D eigenvalue weighted by Gasteiger charge is -2.49. The minimum atomic E-state index is -1.40. The molecule has 0 aromatic heterocycles. The van der Waals surface area contributed by atoms with Crippen LogP contribution < -0.4 is 0 Å². The zero-order chi connectivity index (χ0) is 19.8. The Morgan fingerprint density at radius 3 is 2.35 bits per heavy atom. The minimum absolute atomic E-state index is 0.188. The summed E-state index contributed by atoms with van der Waals surface area (Å²) >= 11 is 5.92. The number of aryl methyl sites for hydroxylation is 1. The van der Waals surface area contributed by atoms with Crippen LogP contribution in [0.15, 0.2) is 12.1 Å². The summed E-state index contributed by atoms with van der Waals surface area (Å²) in [4.78, 5) is 16.1. The van der Waals surface area contributed by atoms with Crippen molar-refractivity contribution in [2.45, 2.75) is 32.4 Å². The fraction of sp³-hybridized carbons (Fsp3) is 0.632. The first-order valence-electron chi connectivity index (χ1n) is 8.78. The van der Waals surface area contributed by atoms with Crippen LogP contribution in [0.1, 0.15) is 25.0 Å². The fourth-order valence-corrected chi connectivity index (χ4v) is 4.31. The normalized spacial score (nSPS) is 27.7. The number of aliphatic hydroxyl groups excluding tert-OH is 1. The molecule has 0 radical (unpaired) electrons. The van der Waals surface area contributed by atoms with Gasteiger partial charge in [-0.15, -0.1) is 0 Å². The summed E-state index contributed by atoms with van der Waals surface area (Å²) in [5, 5.41) is 21.3. The summed E-state index contributed by atoms with van der Waals surface area (Å²) in [6, 6.07) is 2.23. The van der Waals surface area contributed by atoms with Crippen LogP contribution in [0.5, 0.6) is 0 Å². The van der Waals surface area contributed by atoms with Gasteiger partial charge in [-0.05, 0) is 38.7 Å². The van der Waals surface area contributed by atoms with Crippen molar-refractivity contribution >= 4 is 17.5 Å². The molecule has 1 aromatic rings. The molecule has 26 heavy (non-hydrogen) atoms. The van der Waals surface area contributed by atoms with Gasteiger partial charge in [-0.3, -0.25) is 9.69 Å². The molecule has 1 fully saturated rings. The molecule has 1 aliphatic heterocycles. The Morgan fingerprint density at radius 1 is 1.38 bits per heavy atom. The van der Waals surface area contributed by atoms with Crippen LogP contribution in [0.3, 0.4) is 0 Å². The van der Waals surface area contributed by atoms with Gasteiger partial charge < -0.3 is 15.1 Å². The maximum Gasteiger partial charge on any atom is 0.242 e. The van der Waals surface area contributed by atoms with Crippen molar-refractivity contribution in [2.24, 2.45) is 11.8 Å². The lowest BCUT2D eigenvalue weighted by Crippen LogP contribution is -2.59. The van der Waals surface area contributed by atoms with Crippen LogP contribution >= 0.6 is 11.6 Å². The van der Waals surface area contributed by atoms with E-state index >= 15 is 0 Å². The second kappa shape index (κ2) is 7.80. The smallest absolute Gasteiger partial charge is 0.242 e. The van der Waals surface area contributed by atoms with Crippen LogP contribution in [0.2, 0.25) is 5.02 Å². The molecule has 0 saturated carbocycles. The number of likely N-dealkylation sites (N-methyl/N-ethyl adjacent to an activating group) is 1. The van der Waals surface area contributed by atoms with Gasteiger partial charge in [-0.25, -0.2) is 4.39 Å². The Hall–Kier alpha value is -1.21. The predicted octanol–water partition coefficient (Wildman–Crippen LogP) is 2.01. The van der Waals surface area contributed by atoms with Crippen molar-refractivity contribution in [1.29, 1.82) is 0 Å². The topological polar surface area (TPSA) is 64.0 Å². The zero-order valence-electron chi connectivity index (χ0n) is 16.0. The van der Waals surface area contributed by atoms with Gasteiger partial charge in [-0.1, -0.05) is 25.4 Å². The van der Waals surface area contributed by atoms with Crippen LogP contribution in [0.4, 0.5) is 4.39 Å². The summed E-state index contributed by atoms with van der Waals surface area (Å²) in [7, 11) is 3.47. The van der Waals surface area contributed by atoms with Crippen LogP contribution in [0.25, 0.3) is 0 Å². The number of aliphatic hydroxyl groups is 2. The molecule has 4 atom stereocenters. The number of hydrogen-bond donors (Lipinski definition) is 2. The summed E-state index contributed by atoms with van der Waals surface area (Å²) in [5.74, 6) is -1.48. The highest BCUT2D eigenvalue weighted by Crippen LogP contribution is 2.44. The average Bonchev–Trinajstić information content (AvgIpc) is 2.51. The third-order valence-electron chi connectivity index (χ3n) is 5.54. The molecule has 146 valence electrons. The largest absolute Gasteiger partial charge is 0.394 e. The minimum Gasteiger partial charge on any atom is -0.394 e. The fourth-order valence-electron chi connectivity index (χ4n) is 4.05. The van der Waals surface area contributed by atoms with Gasteiger partial charge in [0, 0.05) is 35.5 Å². The van der Waals surface area contributed by atoms with Crippen molar-refractivity contribution in [2.75, 3.05) is 33.8 Å². The SMILES string of the molecule is Cc1cc(Cl)cc(F)c1C1(O)[C@H](C)CN(C(=O)C(CO)N(C)C)C[C@@H]1C. The van der Waals surface area contributed by atoms with E-state index in [0.29, 0.717) is 5.56 Å². The third-order valence-corrected chi connectivity index (χ3v) is 5.75. The lowest BCUT2D eigenvalue weighted by molar-refractivity contribution is -0.154. The van der Waals surface area contributed by atoms with E-state index in [9.17, 15) is 19.4 Å². The van der Waals surface area contributed by atoms with Gasteiger partial charge in [0.25, 0.3) is 0 Å². The number of carbonyl (C=O) groups is 1. The van der Waals surface area contributed by atoms with E-state index in [-0.39, 0.29) is 48.0 Å². The van der Waals surface area contributed by atoms with Crippen molar-refractivity contribution in [1.82, 2.24) is 9.80 Å². The highest BCUT2D eigenvalue weighted by Gasteiger charge is 2.49. The second-order valence-corrected chi connectivity index (χ2v) is 8.05. The molecule has 1 heterocycles. The van der Waals surface area contributed by atoms with Crippen molar-refractivity contribution in [3.05, 3.63) is 34.1 Å². The van der Waals surface area contributed by atoms with Crippen LogP contribution in [-0.4, -0.2) is 65.8 Å². The van der Waals surface area contributed by atoms with Crippen molar-refractivity contribution < 1.29 is 19.4 Å². The Labute approximate surface area is 159 Å². The van der Waals surface area contributed by atoms with Crippen molar-refractivity contribution in [3.63, 3.8) is 0 Å². The van der Waals surface area contributed by atoms with E-state index in [1.165, 1.54) is 6.07 Å². The summed E-state index contributed by atoms with van der Waals surface area (Å²) in [6.45, 7) is 5.64. The summed E-state index contributed by atoms with van der Waals surface area (Å²) < 4.78 is 14.7. The molecule has 0 bridgehead atoms. The van der Waals surface area contributed by atoms with Gasteiger partial charge in [0.1, 0.15) is 17.5 Å². The van der Waals surface area contributed by atoms with Gasteiger partial charge in [0.2, 0.25) is 5.91 Å². The molecule has 1 amide bonds. The third kappa shape index (κ3) is 3.60. The standard InChI is InChI=1S/C19H28ClFN2O3/c1-11-6-14(20)7-15(21)17(11)19(26)12(2)8-23(9-13(19)3)18(25)16(10-24)22(4)5/h6-7,12-13,16,24,26H,8-10H2,1-5H3/t12-,13+,16?,19?. The van der Waals surface area contributed by atoms with Gasteiger partial charge >= 0.3 is 0 Å². The van der Waals surface area contributed by atoms with E-state index in [2.05, 4.69) is 0 Å². The molecule has 1 aliphatic rings. The molecule has 0 spiro atoms. The zero-order valence-corrected chi connectivity index (χ0v) is 16.7. The highest BCUT2D eigenvalue weighted by atomic mass is 35.5. The highest BCUT2D eigenvalue weighted by molar-refractivity contribution is 6.30. The molecule has 1 aromatic carbocycles. The lowest BCUT2D eigenvalue weighted by atomic mass is 9.69. The number of hydrogen-bond acceptors (Lipinski definition) is 4. The van der Waals surface area contributed by atoms with Gasteiger partial charge in [0.15, 0.2) is 0 Å². The number of rotatable bonds is 4. The van der Waals surface area contributed by atoms with E-state index < -0.39 is 17.5 Å². The monoisotopic (exact) mass is 386 g/mol. The number of likely N-dealkylation sites (tertiary alicyclic amines) is 1. The number of halogens is 2. The molecule has 2 unspecified atom stereocenters. The van der Waals surface area contributed by atoms with E-state index in [1.807, 2.05) is 13.8 Å². The first kappa shape index (κ1) is 21.1. The van der Waals surface area contributed by atoms with Gasteiger partial charge in [0.05, 0.1) is 6.61 Å². The molecular weight excluding hydrogens is 359 g/mol. The maximum atomic E-state index is 14.7. The summed E-state index contributed by atoms with van der Waals surface area (Å²) in [5.41, 5.74) is -0.555. The van der Waals surface area contributed by atoms with Crippen LogP contribution in [-0.2, 0) is 10.4 Å². The molecule has 7 heteroatoms.